The third kappa shape index (κ3) is 1.64. The molecule has 0 spiro atoms. The molecule has 0 saturated heterocycles. The molecule has 1 heterocycles. The van der Waals surface area contributed by atoms with Gasteiger partial charge < -0.3 is 9.36 Å². The van der Waals surface area contributed by atoms with Gasteiger partial charge >= 0.3 is 0 Å². The van der Waals surface area contributed by atoms with E-state index in [9.17, 15) is 4.79 Å². The van der Waals surface area contributed by atoms with Crippen molar-refractivity contribution in [1.82, 2.24) is 4.57 Å². The van der Waals surface area contributed by atoms with E-state index >= 15 is 0 Å². The highest BCUT2D eigenvalue weighted by molar-refractivity contribution is 5.85. The summed E-state index contributed by atoms with van der Waals surface area (Å²) in [6, 6.07) is 8.31. The molecule has 2 rings (SSSR count). The Bertz CT molecular complexity index is 523. The molecule has 1 aromatic heterocycles. The maximum absolute atomic E-state index is 10.7. The van der Waals surface area contributed by atoms with Crippen LogP contribution >= 0.6 is 0 Å². The average Bonchev–Trinajstić information content (AvgIpc) is 2.58. The Morgan fingerprint density at radius 1 is 1.31 bits per heavy atom. The van der Waals surface area contributed by atoms with Crippen molar-refractivity contribution in [1.29, 1.82) is 0 Å². The standard InChI is InChI=1S/C14H17NO/c1-14(2,8-9-16)12-10-15(3)13-7-5-4-6-11(12)13/h4-7,9-10H,8H2,1-3H3. The Kier molecular flexibility index (Phi) is 2.58. The van der Waals surface area contributed by atoms with Crippen LogP contribution in [0.2, 0.25) is 0 Å². The molecule has 0 bridgehead atoms. The van der Waals surface area contributed by atoms with Gasteiger partial charge in [0.15, 0.2) is 0 Å². The molecule has 1 aromatic carbocycles. The van der Waals surface area contributed by atoms with Crippen molar-refractivity contribution in [2.75, 3.05) is 0 Å². The maximum atomic E-state index is 10.7. The molecule has 0 amide bonds. The first-order valence-corrected chi connectivity index (χ1v) is 5.54. The number of fused-ring (bicyclic) bond motifs is 1. The van der Waals surface area contributed by atoms with Crippen LogP contribution in [0.1, 0.15) is 25.8 Å². The van der Waals surface area contributed by atoms with Crippen molar-refractivity contribution in [2.24, 2.45) is 7.05 Å². The Labute approximate surface area is 95.9 Å². The van der Waals surface area contributed by atoms with Crippen LogP contribution < -0.4 is 0 Å². The van der Waals surface area contributed by atoms with E-state index in [0.717, 1.165) is 6.29 Å². The first kappa shape index (κ1) is 10.9. The van der Waals surface area contributed by atoms with E-state index in [4.69, 9.17) is 0 Å². The topological polar surface area (TPSA) is 22.0 Å². The van der Waals surface area contributed by atoms with Crippen molar-refractivity contribution < 1.29 is 4.79 Å². The summed E-state index contributed by atoms with van der Waals surface area (Å²) >= 11 is 0. The lowest BCUT2D eigenvalue weighted by molar-refractivity contribution is -0.108. The number of hydrogen-bond donors (Lipinski definition) is 0. The molecular formula is C14H17NO. The lowest BCUT2D eigenvalue weighted by Gasteiger charge is -2.21. The van der Waals surface area contributed by atoms with Crippen LogP contribution in [0.15, 0.2) is 30.5 Å². The molecule has 0 N–H and O–H groups in total. The average molecular weight is 215 g/mol. The van der Waals surface area contributed by atoms with Crippen LogP contribution in [0.5, 0.6) is 0 Å². The van der Waals surface area contributed by atoms with Gasteiger partial charge in [-0.3, -0.25) is 0 Å². The zero-order chi connectivity index (χ0) is 11.8. The van der Waals surface area contributed by atoms with E-state index < -0.39 is 0 Å². The minimum absolute atomic E-state index is 0.0946. The number of aldehydes is 1. The maximum Gasteiger partial charge on any atom is 0.120 e. The first-order chi connectivity index (χ1) is 7.56. The SMILES string of the molecule is Cn1cc(C(C)(C)CC=O)c2ccccc21. The van der Waals surface area contributed by atoms with Gasteiger partial charge in [-0.15, -0.1) is 0 Å². The van der Waals surface area contributed by atoms with Gasteiger partial charge in [-0.05, 0) is 17.0 Å². The first-order valence-electron chi connectivity index (χ1n) is 5.54. The van der Waals surface area contributed by atoms with E-state index in [1.54, 1.807) is 0 Å². The largest absolute Gasteiger partial charge is 0.350 e. The van der Waals surface area contributed by atoms with E-state index in [1.807, 2.05) is 19.2 Å². The Morgan fingerprint density at radius 2 is 2.00 bits per heavy atom. The van der Waals surface area contributed by atoms with Crippen molar-refractivity contribution in [2.45, 2.75) is 25.7 Å². The van der Waals surface area contributed by atoms with Gasteiger partial charge in [0, 0.05) is 30.6 Å². The summed E-state index contributed by atoms with van der Waals surface area (Å²) in [6.45, 7) is 4.23. The van der Waals surface area contributed by atoms with Crippen LogP contribution in [-0.4, -0.2) is 10.9 Å². The van der Waals surface area contributed by atoms with Gasteiger partial charge in [-0.2, -0.15) is 0 Å². The van der Waals surface area contributed by atoms with Crippen molar-refractivity contribution >= 4 is 17.2 Å². The number of aryl methyl sites for hydroxylation is 1. The van der Waals surface area contributed by atoms with Gasteiger partial charge in [0.05, 0.1) is 0 Å². The summed E-state index contributed by atoms with van der Waals surface area (Å²) in [6.07, 6.45) is 3.69. The second kappa shape index (κ2) is 3.78. The van der Waals surface area contributed by atoms with Gasteiger partial charge in [-0.1, -0.05) is 32.0 Å². The predicted octanol–water partition coefficient (Wildman–Crippen LogP) is 3.04. The molecule has 0 aliphatic rings. The summed E-state index contributed by atoms with van der Waals surface area (Å²) in [7, 11) is 2.04. The number of aromatic nitrogens is 1. The predicted molar refractivity (Wildman–Crippen MR) is 66.6 cm³/mol. The zero-order valence-corrected chi connectivity index (χ0v) is 10.0. The number of carbonyl (C=O) groups is 1. The highest BCUT2D eigenvalue weighted by Crippen LogP contribution is 2.33. The Balaban J connectivity index is 2.65. The van der Waals surface area contributed by atoms with Crippen LogP contribution in [0.25, 0.3) is 10.9 Å². The smallest absolute Gasteiger partial charge is 0.120 e. The summed E-state index contributed by atoms with van der Waals surface area (Å²) in [4.78, 5) is 10.7. The minimum atomic E-state index is -0.0946. The van der Waals surface area contributed by atoms with Crippen molar-refractivity contribution in [3.05, 3.63) is 36.0 Å². The quantitative estimate of drug-likeness (QED) is 0.721. The molecule has 0 aliphatic carbocycles. The third-order valence-corrected chi connectivity index (χ3v) is 3.22. The molecule has 0 unspecified atom stereocenters. The van der Waals surface area contributed by atoms with Crippen LogP contribution in [0.3, 0.4) is 0 Å². The zero-order valence-electron chi connectivity index (χ0n) is 10.0. The van der Waals surface area contributed by atoms with E-state index in [0.29, 0.717) is 6.42 Å². The number of benzene rings is 1. The van der Waals surface area contributed by atoms with Crippen LogP contribution in [0.4, 0.5) is 0 Å². The summed E-state index contributed by atoms with van der Waals surface area (Å²) in [5, 5.41) is 1.25. The highest BCUT2D eigenvalue weighted by Gasteiger charge is 2.24. The molecule has 84 valence electrons. The molecule has 0 atom stereocenters. The van der Waals surface area contributed by atoms with Gasteiger partial charge in [0.1, 0.15) is 6.29 Å². The molecule has 16 heavy (non-hydrogen) atoms. The fraction of sp³-hybridized carbons (Fsp3) is 0.357. The molecular weight excluding hydrogens is 198 g/mol. The summed E-state index contributed by atoms with van der Waals surface area (Å²) in [5.74, 6) is 0. The number of carbonyl (C=O) groups excluding carboxylic acids is 1. The van der Waals surface area contributed by atoms with Gasteiger partial charge in [0.25, 0.3) is 0 Å². The van der Waals surface area contributed by atoms with Gasteiger partial charge in [0.2, 0.25) is 0 Å². The Hall–Kier alpha value is -1.57. The minimum Gasteiger partial charge on any atom is -0.350 e. The van der Waals surface area contributed by atoms with Crippen LogP contribution in [-0.2, 0) is 17.3 Å². The molecule has 2 nitrogen and oxygen atoms in total. The number of hydrogen-bond acceptors (Lipinski definition) is 1. The second-order valence-corrected chi connectivity index (χ2v) is 4.93. The number of para-hydroxylation sites is 1. The summed E-state index contributed by atoms with van der Waals surface area (Å²) < 4.78 is 2.12. The monoisotopic (exact) mass is 215 g/mol. The fourth-order valence-electron chi connectivity index (χ4n) is 2.20. The highest BCUT2D eigenvalue weighted by atomic mass is 16.1. The number of nitrogens with zero attached hydrogens (tertiary/aromatic N) is 1. The molecule has 2 aromatic rings. The molecule has 2 heteroatoms. The van der Waals surface area contributed by atoms with E-state index in [2.05, 4.69) is 36.7 Å². The van der Waals surface area contributed by atoms with Gasteiger partial charge in [-0.25, -0.2) is 0 Å². The van der Waals surface area contributed by atoms with Crippen molar-refractivity contribution in [3.8, 4) is 0 Å². The van der Waals surface area contributed by atoms with E-state index in [1.165, 1.54) is 16.5 Å². The lowest BCUT2D eigenvalue weighted by atomic mass is 9.82. The molecule has 0 fully saturated rings. The molecule has 0 saturated carbocycles. The summed E-state index contributed by atoms with van der Waals surface area (Å²) in [5.41, 5.74) is 2.37. The molecule has 0 radical (unpaired) electrons. The van der Waals surface area contributed by atoms with Crippen molar-refractivity contribution in [3.63, 3.8) is 0 Å². The van der Waals surface area contributed by atoms with Crippen LogP contribution in [0, 0.1) is 0 Å². The normalized spacial score (nSPS) is 11.9. The lowest BCUT2D eigenvalue weighted by Crippen LogP contribution is -2.17. The molecule has 0 aliphatic heterocycles. The third-order valence-electron chi connectivity index (χ3n) is 3.22. The Morgan fingerprint density at radius 3 is 2.69 bits per heavy atom. The van der Waals surface area contributed by atoms with E-state index in [-0.39, 0.29) is 5.41 Å². The number of rotatable bonds is 3. The fourth-order valence-corrected chi connectivity index (χ4v) is 2.20. The second-order valence-electron chi connectivity index (χ2n) is 4.93.